The minimum Gasteiger partial charge on any atom is -0.476 e. The predicted octanol–water partition coefficient (Wildman–Crippen LogP) is 6.18. The summed E-state index contributed by atoms with van der Waals surface area (Å²) in [6.45, 7) is 0.271. The summed E-state index contributed by atoms with van der Waals surface area (Å²) < 4.78 is 7.40. The number of aromatic nitrogens is 2. The Hall–Kier alpha value is -3.95. The van der Waals surface area contributed by atoms with Gasteiger partial charge in [-0.2, -0.15) is 16.4 Å². The molecule has 2 aromatic heterocycles. The van der Waals surface area contributed by atoms with Crippen LogP contribution in [-0.2, 0) is 29.4 Å². The van der Waals surface area contributed by atoms with Crippen molar-refractivity contribution in [2.75, 3.05) is 0 Å². The van der Waals surface area contributed by atoms with Crippen LogP contribution in [0.4, 0.5) is 0 Å². The molecule has 39 heavy (non-hydrogen) atoms. The highest BCUT2D eigenvalue weighted by molar-refractivity contribution is 7.08. The summed E-state index contributed by atoms with van der Waals surface area (Å²) in [5.41, 5.74) is 3.86. The van der Waals surface area contributed by atoms with E-state index in [9.17, 15) is 14.7 Å². The SMILES string of the molecule is O=C(O)c1cc(OCc2ccccc2-c2ccsc2)n(CC(=O)N(OCc2ccccc2)C2CCCCC2)n1. The van der Waals surface area contributed by atoms with E-state index in [1.807, 2.05) is 66.0 Å². The third kappa shape index (κ3) is 6.74. The first-order chi connectivity index (χ1) is 19.1. The van der Waals surface area contributed by atoms with Crippen molar-refractivity contribution in [3.63, 3.8) is 0 Å². The lowest BCUT2D eigenvalue weighted by atomic mass is 9.95. The average molecular weight is 546 g/mol. The fraction of sp³-hybridized carbons (Fsp3) is 0.300. The summed E-state index contributed by atoms with van der Waals surface area (Å²) in [5, 5.41) is 19.3. The maximum absolute atomic E-state index is 13.6. The monoisotopic (exact) mass is 545 g/mol. The number of thiophene rings is 1. The second-order valence-electron chi connectivity index (χ2n) is 9.56. The fourth-order valence-electron chi connectivity index (χ4n) is 4.84. The van der Waals surface area contributed by atoms with Crippen molar-refractivity contribution in [3.05, 3.63) is 94.3 Å². The predicted molar refractivity (Wildman–Crippen MR) is 148 cm³/mol. The molecule has 1 aliphatic rings. The number of hydrogen-bond acceptors (Lipinski definition) is 6. The van der Waals surface area contributed by atoms with E-state index in [1.165, 1.54) is 15.8 Å². The Morgan fingerprint density at radius 2 is 1.77 bits per heavy atom. The molecule has 0 atom stereocenters. The van der Waals surface area contributed by atoms with E-state index in [0.29, 0.717) is 0 Å². The van der Waals surface area contributed by atoms with Crippen LogP contribution < -0.4 is 4.74 Å². The Morgan fingerprint density at radius 3 is 2.51 bits per heavy atom. The number of amides is 1. The van der Waals surface area contributed by atoms with Crippen LogP contribution in [0.25, 0.3) is 11.1 Å². The zero-order valence-corrected chi connectivity index (χ0v) is 22.4. The number of carbonyl (C=O) groups excluding carboxylic acids is 1. The lowest BCUT2D eigenvalue weighted by molar-refractivity contribution is -0.210. The minimum atomic E-state index is -1.19. The number of carboxylic acids is 1. The van der Waals surface area contributed by atoms with Gasteiger partial charge in [0.05, 0.1) is 6.04 Å². The zero-order chi connectivity index (χ0) is 27.0. The van der Waals surface area contributed by atoms with Gasteiger partial charge in [-0.05, 0) is 51.9 Å². The van der Waals surface area contributed by atoms with E-state index in [1.54, 1.807) is 11.3 Å². The van der Waals surface area contributed by atoms with Crippen molar-refractivity contribution in [1.82, 2.24) is 14.8 Å². The lowest BCUT2D eigenvalue weighted by Gasteiger charge is -2.33. The summed E-state index contributed by atoms with van der Waals surface area (Å²) in [6, 6.07) is 21.0. The molecular formula is C30H31N3O5S. The van der Waals surface area contributed by atoms with Crippen molar-refractivity contribution in [2.45, 2.75) is 57.9 Å². The summed E-state index contributed by atoms with van der Waals surface area (Å²) in [5.74, 6) is -1.26. The molecule has 0 spiro atoms. The van der Waals surface area contributed by atoms with Crippen LogP contribution in [0, 0.1) is 0 Å². The largest absolute Gasteiger partial charge is 0.476 e. The molecule has 4 aromatic rings. The van der Waals surface area contributed by atoms with Gasteiger partial charge < -0.3 is 9.84 Å². The molecule has 1 aliphatic carbocycles. The standard InChI is InChI=1S/C30H31N3O5S/c34-28(33(25-12-5-2-6-13-25)38-19-22-9-3-1-4-10-22)18-32-29(17-27(31-32)30(35)36)37-20-23-11-7-8-14-26(23)24-15-16-39-21-24/h1,3-4,7-11,14-17,21,25H,2,5-6,12-13,18-20H2,(H,35,36). The van der Waals surface area contributed by atoms with Crippen LogP contribution >= 0.6 is 11.3 Å². The zero-order valence-electron chi connectivity index (χ0n) is 21.6. The van der Waals surface area contributed by atoms with Gasteiger partial charge in [-0.1, -0.05) is 73.9 Å². The van der Waals surface area contributed by atoms with Crippen molar-refractivity contribution < 1.29 is 24.3 Å². The maximum atomic E-state index is 13.6. The van der Waals surface area contributed by atoms with Crippen LogP contribution in [0.15, 0.2) is 77.5 Å². The topological polar surface area (TPSA) is 93.9 Å². The van der Waals surface area contributed by atoms with Crippen molar-refractivity contribution in [2.24, 2.45) is 0 Å². The average Bonchev–Trinajstić information content (AvgIpc) is 3.64. The molecular weight excluding hydrogens is 514 g/mol. The molecule has 8 nitrogen and oxygen atoms in total. The molecule has 0 unspecified atom stereocenters. The fourth-order valence-corrected chi connectivity index (χ4v) is 5.50. The molecule has 1 saturated carbocycles. The lowest BCUT2D eigenvalue weighted by Crippen LogP contribution is -2.43. The molecule has 9 heteroatoms. The quantitative estimate of drug-likeness (QED) is 0.226. The van der Waals surface area contributed by atoms with Crippen molar-refractivity contribution >= 4 is 23.2 Å². The summed E-state index contributed by atoms with van der Waals surface area (Å²) >= 11 is 1.62. The number of aromatic carboxylic acids is 1. The number of ether oxygens (including phenoxy) is 1. The minimum absolute atomic E-state index is 0.0358. The number of benzene rings is 2. The van der Waals surface area contributed by atoms with Crippen LogP contribution in [0.1, 0.15) is 53.7 Å². The first-order valence-electron chi connectivity index (χ1n) is 13.1. The van der Waals surface area contributed by atoms with Gasteiger partial charge in [-0.25, -0.2) is 14.5 Å². The van der Waals surface area contributed by atoms with Gasteiger partial charge in [-0.3, -0.25) is 9.63 Å². The second-order valence-corrected chi connectivity index (χ2v) is 10.3. The van der Waals surface area contributed by atoms with E-state index >= 15 is 0 Å². The van der Waals surface area contributed by atoms with Crippen molar-refractivity contribution in [1.29, 1.82) is 0 Å². The number of rotatable bonds is 11. The van der Waals surface area contributed by atoms with Gasteiger partial charge in [0.2, 0.25) is 5.88 Å². The van der Waals surface area contributed by atoms with Gasteiger partial charge in [-0.15, -0.1) is 0 Å². The molecule has 0 radical (unpaired) electrons. The highest BCUT2D eigenvalue weighted by atomic mass is 32.1. The molecule has 5 rings (SSSR count). The molecule has 1 fully saturated rings. The first kappa shape index (κ1) is 26.6. The summed E-state index contributed by atoms with van der Waals surface area (Å²) in [4.78, 5) is 31.4. The highest BCUT2D eigenvalue weighted by Crippen LogP contribution is 2.28. The second kappa shape index (κ2) is 12.7. The van der Waals surface area contributed by atoms with E-state index in [0.717, 1.165) is 54.4 Å². The molecule has 0 bridgehead atoms. The number of hydroxylamine groups is 2. The van der Waals surface area contributed by atoms with Crippen molar-refractivity contribution in [3.8, 4) is 17.0 Å². The van der Waals surface area contributed by atoms with Gasteiger partial charge >= 0.3 is 5.97 Å². The van der Waals surface area contributed by atoms with Gasteiger partial charge in [0.15, 0.2) is 5.69 Å². The molecule has 1 N–H and O–H groups in total. The number of hydrogen-bond donors (Lipinski definition) is 1. The van der Waals surface area contributed by atoms with Gasteiger partial charge in [0, 0.05) is 6.07 Å². The van der Waals surface area contributed by atoms with Crippen LogP contribution in [0.2, 0.25) is 0 Å². The Kier molecular flexibility index (Phi) is 8.70. The van der Waals surface area contributed by atoms with E-state index in [-0.39, 0.29) is 43.3 Å². The Bertz CT molecular complexity index is 1380. The summed E-state index contributed by atoms with van der Waals surface area (Å²) in [7, 11) is 0. The molecule has 202 valence electrons. The number of nitrogens with zero attached hydrogens (tertiary/aromatic N) is 3. The number of carboxylic acid groups (broad SMARTS) is 1. The molecule has 1 amide bonds. The molecule has 0 aliphatic heterocycles. The van der Waals surface area contributed by atoms with E-state index in [4.69, 9.17) is 9.57 Å². The third-order valence-corrected chi connectivity index (χ3v) is 7.52. The maximum Gasteiger partial charge on any atom is 0.356 e. The molecule has 0 saturated heterocycles. The van der Waals surface area contributed by atoms with E-state index < -0.39 is 5.97 Å². The van der Waals surface area contributed by atoms with Gasteiger partial charge in [0.25, 0.3) is 5.91 Å². The van der Waals surface area contributed by atoms with Crippen LogP contribution in [0.3, 0.4) is 0 Å². The van der Waals surface area contributed by atoms with Crippen LogP contribution in [0.5, 0.6) is 5.88 Å². The molecule has 2 aromatic carbocycles. The Labute approximate surface area is 231 Å². The normalized spacial score (nSPS) is 13.7. The Morgan fingerprint density at radius 1 is 1.00 bits per heavy atom. The number of carbonyl (C=O) groups is 2. The summed E-state index contributed by atoms with van der Waals surface area (Å²) in [6.07, 6.45) is 4.94. The molecule has 2 heterocycles. The van der Waals surface area contributed by atoms with Gasteiger partial charge in [0.1, 0.15) is 19.8 Å². The third-order valence-electron chi connectivity index (χ3n) is 6.84. The van der Waals surface area contributed by atoms with Crippen LogP contribution in [-0.4, -0.2) is 37.9 Å². The van der Waals surface area contributed by atoms with E-state index in [2.05, 4.69) is 10.5 Å². The Balaban J connectivity index is 1.34. The smallest absolute Gasteiger partial charge is 0.356 e. The first-order valence-corrected chi connectivity index (χ1v) is 14.1. The highest BCUT2D eigenvalue weighted by Gasteiger charge is 2.28.